The average Bonchev–Trinajstić information content (AvgIpc) is 2.19. The maximum atomic E-state index is 12.3. The van der Waals surface area contributed by atoms with Crippen molar-refractivity contribution in [3.8, 4) is 0 Å². The molecule has 7 heteroatoms. The summed E-state index contributed by atoms with van der Waals surface area (Å²) in [6.07, 6.45) is -4.47. The molecular weight excluding hydrogens is 259 g/mol. The number of carboxylic acid groups (broad SMARTS) is 1. The molecule has 0 aliphatic rings. The summed E-state index contributed by atoms with van der Waals surface area (Å²) >= 11 is 5.63. The van der Waals surface area contributed by atoms with E-state index in [1.54, 1.807) is 0 Å². The molecule has 0 saturated heterocycles. The molecule has 1 rings (SSSR count). The second-order valence-corrected chi connectivity index (χ2v) is 3.80. The number of anilines is 1. The molecule has 1 aromatic rings. The Labute approximate surface area is 100 Å². The van der Waals surface area contributed by atoms with Crippen molar-refractivity contribution in [1.82, 2.24) is 0 Å². The van der Waals surface area contributed by atoms with Gasteiger partial charge in [-0.05, 0) is 25.1 Å². The molecule has 0 aliphatic carbocycles. The molecule has 0 unspecified atom stereocenters. The van der Waals surface area contributed by atoms with Gasteiger partial charge in [-0.3, -0.25) is 4.79 Å². The molecule has 3 nitrogen and oxygen atoms in total. The highest BCUT2D eigenvalue weighted by molar-refractivity contribution is 6.33. The van der Waals surface area contributed by atoms with E-state index in [9.17, 15) is 18.0 Å². The first-order chi connectivity index (χ1) is 7.71. The lowest BCUT2D eigenvalue weighted by atomic mass is 10.2. The fraction of sp³-hybridized carbons (Fsp3) is 0.300. The van der Waals surface area contributed by atoms with Gasteiger partial charge in [-0.2, -0.15) is 13.2 Å². The van der Waals surface area contributed by atoms with Crippen LogP contribution in [0.25, 0.3) is 0 Å². The molecule has 2 N–H and O–H groups in total. The van der Waals surface area contributed by atoms with Crippen LogP contribution >= 0.6 is 11.6 Å². The van der Waals surface area contributed by atoms with Crippen molar-refractivity contribution in [1.29, 1.82) is 0 Å². The lowest BCUT2D eigenvalue weighted by Gasteiger charge is -2.14. The van der Waals surface area contributed by atoms with E-state index in [1.807, 2.05) is 0 Å². The number of halogens is 4. The van der Waals surface area contributed by atoms with Gasteiger partial charge in [0, 0.05) is 0 Å². The highest BCUT2D eigenvalue weighted by atomic mass is 35.5. The van der Waals surface area contributed by atoms with Crippen LogP contribution in [-0.2, 0) is 11.0 Å². The molecule has 0 radical (unpaired) electrons. The summed E-state index contributed by atoms with van der Waals surface area (Å²) in [6.45, 7) is 1.36. The largest absolute Gasteiger partial charge is 0.480 e. The number of rotatable bonds is 3. The first kappa shape index (κ1) is 13.6. The van der Waals surface area contributed by atoms with Crippen LogP contribution in [0.4, 0.5) is 18.9 Å². The van der Waals surface area contributed by atoms with Gasteiger partial charge in [0.15, 0.2) is 0 Å². The van der Waals surface area contributed by atoms with Crippen LogP contribution in [0, 0.1) is 0 Å². The van der Waals surface area contributed by atoms with Crippen LogP contribution < -0.4 is 5.32 Å². The van der Waals surface area contributed by atoms with Crippen LogP contribution in [0.5, 0.6) is 0 Å². The first-order valence-corrected chi connectivity index (χ1v) is 4.95. The molecular formula is C10H9ClF3NO2. The molecule has 0 bridgehead atoms. The maximum absolute atomic E-state index is 12.3. The topological polar surface area (TPSA) is 49.3 Å². The van der Waals surface area contributed by atoms with Crippen LogP contribution in [0.1, 0.15) is 12.5 Å². The van der Waals surface area contributed by atoms with Crippen LogP contribution in [0.2, 0.25) is 5.02 Å². The number of nitrogens with one attached hydrogen (secondary N) is 1. The fourth-order valence-corrected chi connectivity index (χ4v) is 1.34. The van der Waals surface area contributed by atoms with Gasteiger partial charge < -0.3 is 10.4 Å². The fourth-order valence-electron chi connectivity index (χ4n) is 1.10. The molecule has 0 saturated carbocycles. The number of carbonyl (C=O) groups is 1. The van der Waals surface area contributed by atoms with Crippen LogP contribution in [0.15, 0.2) is 18.2 Å². The van der Waals surface area contributed by atoms with E-state index in [0.717, 1.165) is 18.2 Å². The Kier molecular flexibility index (Phi) is 3.87. The zero-order valence-electron chi connectivity index (χ0n) is 8.68. The van der Waals surface area contributed by atoms with Gasteiger partial charge in [0.2, 0.25) is 0 Å². The van der Waals surface area contributed by atoms with Gasteiger partial charge in [-0.25, -0.2) is 0 Å². The lowest BCUT2D eigenvalue weighted by Crippen LogP contribution is -2.25. The minimum atomic E-state index is -4.47. The number of hydrogen-bond donors (Lipinski definition) is 2. The normalized spacial score (nSPS) is 13.2. The molecule has 0 aliphatic heterocycles. The number of aliphatic carboxylic acids is 1. The Morgan fingerprint density at radius 3 is 2.47 bits per heavy atom. The molecule has 1 atom stereocenters. The van der Waals surface area contributed by atoms with E-state index in [1.165, 1.54) is 6.92 Å². The lowest BCUT2D eigenvalue weighted by molar-refractivity contribution is -0.138. The van der Waals surface area contributed by atoms with Crippen molar-refractivity contribution < 1.29 is 23.1 Å². The van der Waals surface area contributed by atoms with E-state index in [4.69, 9.17) is 16.7 Å². The van der Waals surface area contributed by atoms with Crippen molar-refractivity contribution in [2.45, 2.75) is 19.1 Å². The van der Waals surface area contributed by atoms with Crippen LogP contribution in [0.3, 0.4) is 0 Å². The summed E-state index contributed by atoms with van der Waals surface area (Å²) in [4.78, 5) is 10.6. The summed E-state index contributed by atoms with van der Waals surface area (Å²) in [7, 11) is 0. The van der Waals surface area contributed by atoms with Gasteiger partial charge in [-0.1, -0.05) is 11.6 Å². The predicted molar refractivity (Wildman–Crippen MR) is 57.2 cm³/mol. The van der Waals surface area contributed by atoms with Gasteiger partial charge >= 0.3 is 12.1 Å². The molecule has 0 heterocycles. The summed E-state index contributed by atoms with van der Waals surface area (Å²) in [5, 5.41) is 10.9. The quantitative estimate of drug-likeness (QED) is 0.884. The van der Waals surface area contributed by atoms with Gasteiger partial charge in [0.25, 0.3) is 0 Å². The SMILES string of the molecule is C[C@H](Nc1ccc(C(F)(F)F)cc1Cl)C(=O)O. The number of hydrogen-bond acceptors (Lipinski definition) is 2. The Morgan fingerprint density at radius 2 is 2.06 bits per heavy atom. The van der Waals surface area contributed by atoms with E-state index >= 15 is 0 Å². The zero-order valence-corrected chi connectivity index (χ0v) is 9.43. The monoisotopic (exact) mass is 267 g/mol. The third kappa shape index (κ3) is 3.52. The summed E-state index contributed by atoms with van der Waals surface area (Å²) < 4.78 is 37.0. The van der Waals surface area contributed by atoms with Gasteiger partial charge in [0.1, 0.15) is 6.04 Å². The van der Waals surface area contributed by atoms with E-state index in [-0.39, 0.29) is 10.7 Å². The Morgan fingerprint density at radius 1 is 1.47 bits per heavy atom. The summed E-state index contributed by atoms with van der Waals surface area (Å²) in [6, 6.07) is 1.75. The summed E-state index contributed by atoms with van der Waals surface area (Å²) in [5.74, 6) is -1.12. The van der Waals surface area contributed by atoms with Gasteiger partial charge in [0.05, 0.1) is 16.3 Å². The Balaban J connectivity index is 2.95. The number of benzene rings is 1. The zero-order chi connectivity index (χ0) is 13.2. The molecule has 0 amide bonds. The van der Waals surface area contributed by atoms with Crippen molar-refractivity contribution >= 4 is 23.3 Å². The maximum Gasteiger partial charge on any atom is 0.416 e. The van der Waals surface area contributed by atoms with Crippen molar-refractivity contribution in [2.24, 2.45) is 0 Å². The standard InChI is InChI=1S/C10H9ClF3NO2/c1-5(9(16)17)15-8-3-2-6(4-7(8)11)10(12,13)14/h2-5,15H,1H3,(H,16,17)/t5-/m0/s1. The van der Waals surface area contributed by atoms with Gasteiger partial charge in [-0.15, -0.1) is 0 Å². The third-order valence-electron chi connectivity index (χ3n) is 2.04. The average molecular weight is 268 g/mol. The third-order valence-corrected chi connectivity index (χ3v) is 2.35. The van der Waals surface area contributed by atoms with Crippen molar-refractivity contribution in [3.05, 3.63) is 28.8 Å². The second-order valence-electron chi connectivity index (χ2n) is 3.40. The van der Waals surface area contributed by atoms with E-state index in [2.05, 4.69) is 5.32 Å². The second kappa shape index (κ2) is 4.83. The molecule has 94 valence electrons. The number of alkyl halides is 3. The highest BCUT2D eigenvalue weighted by Gasteiger charge is 2.31. The van der Waals surface area contributed by atoms with E-state index < -0.39 is 23.8 Å². The number of carboxylic acids is 1. The molecule has 17 heavy (non-hydrogen) atoms. The van der Waals surface area contributed by atoms with Crippen molar-refractivity contribution in [3.63, 3.8) is 0 Å². The molecule has 0 fully saturated rings. The smallest absolute Gasteiger partial charge is 0.416 e. The molecule has 0 spiro atoms. The molecule has 0 aromatic heterocycles. The Hall–Kier alpha value is -1.43. The predicted octanol–water partition coefficient (Wildman–Crippen LogP) is 3.24. The molecule has 1 aromatic carbocycles. The minimum absolute atomic E-state index is 0.148. The summed E-state index contributed by atoms with van der Waals surface area (Å²) in [5.41, 5.74) is -0.731. The van der Waals surface area contributed by atoms with E-state index in [0.29, 0.717) is 0 Å². The first-order valence-electron chi connectivity index (χ1n) is 4.58. The van der Waals surface area contributed by atoms with Crippen molar-refractivity contribution in [2.75, 3.05) is 5.32 Å². The van der Waals surface area contributed by atoms with Crippen LogP contribution in [-0.4, -0.2) is 17.1 Å². The minimum Gasteiger partial charge on any atom is -0.480 e. The highest BCUT2D eigenvalue weighted by Crippen LogP contribution is 2.33. The Bertz CT molecular complexity index is 434.